The molecular weight excluding hydrogens is 136 g/mol. The standard InChI is InChI=1S/C9H18N2/c1-2-6-10(7-3-1)11-8-4-5-9-11/h1-9H2/q+1. The van der Waals surface area contributed by atoms with Crippen LogP contribution in [-0.4, -0.2) is 31.2 Å². The molecule has 2 fully saturated rings. The minimum atomic E-state index is 1.32. The smallest absolute Gasteiger partial charge is 0.106 e. The molecule has 2 rings (SSSR count). The molecule has 0 aromatic heterocycles. The van der Waals surface area contributed by atoms with Crippen LogP contribution in [0.15, 0.2) is 0 Å². The highest BCUT2D eigenvalue weighted by atomic mass is 15.6. The van der Waals surface area contributed by atoms with Crippen molar-refractivity contribution in [3.63, 3.8) is 0 Å². The number of hydrazine groups is 1. The third-order valence-corrected chi connectivity index (χ3v) is 2.81. The van der Waals surface area contributed by atoms with Crippen molar-refractivity contribution in [2.75, 3.05) is 26.2 Å². The first-order valence-electron chi connectivity index (χ1n) is 4.96. The van der Waals surface area contributed by atoms with Gasteiger partial charge in [0.1, 0.15) is 13.1 Å². The molecule has 2 aliphatic heterocycles. The van der Waals surface area contributed by atoms with Gasteiger partial charge in [-0.25, -0.2) is 0 Å². The third-order valence-electron chi connectivity index (χ3n) is 2.81. The lowest BCUT2D eigenvalue weighted by molar-refractivity contribution is 0.0653. The maximum Gasteiger partial charge on any atom is 0.145 e. The Hall–Kier alpha value is -0.0800. The Bertz CT molecular complexity index is 113. The molecule has 2 heterocycles. The van der Waals surface area contributed by atoms with Gasteiger partial charge in [0, 0.05) is 12.8 Å². The molecule has 0 amide bonds. The minimum absolute atomic E-state index is 1.32. The van der Waals surface area contributed by atoms with Crippen molar-refractivity contribution in [2.45, 2.75) is 32.1 Å². The molecule has 0 spiro atoms. The molecule has 0 aromatic rings. The quantitative estimate of drug-likeness (QED) is 0.518. The van der Waals surface area contributed by atoms with Crippen LogP contribution in [0, 0.1) is 0 Å². The summed E-state index contributed by atoms with van der Waals surface area (Å²) in [7, 11) is 0. The van der Waals surface area contributed by atoms with Crippen LogP contribution in [0.5, 0.6) is 0 Å². The van der Waals surface area contributed by atoms with E-state index in [1.165, 1.54) is 58.3 Å². The van der Waals surface area contributed by atoms with E-state index >= 15 is 0 Å². The van der Waals surface area contributed by atoms with Crippen molar-refractivity contribution in [3.8, 4) is 0 Å². The van der Waals surface area contributed by atoms with Gasteiger partial charge in [-0.15, -0.1) is 5.01 Å². The first kappa shape index (κ1) is 7.56. The molecule has 0 saturated carbocycles. The van der Waals surface area contributed by atoms with Gasteiger partial charge in [0.2, 0.25) is 0 Å². The van der Waals surface area contributed by atoms with Crippen molar-refractivity contribution >= 4 is 0 Å². The zero-order valence-electron chi connectivity index (χ0n) is 7.26. The van der Waals surface area contributed by atoms with Crippen LogP contribution < -0.4 is 5.01 Å². The topological polar surface area (TPSA) is 9.14 Å². The third kappa shape index (κ3) is 1.74. The fraction of sp³-hybridized carbons (Fsp3) is 1.00. The molecule has 2 heteroatoms. The molecule has 1 radical (unpaired) electrons. The monoisotopic (exact) mass is 154 g/mol. The predicted molar refractivity (Wildman–Crippen MR) is 46.5 cm³/mol. The summed E-state index contributed by atoms with van der Waals surface area (Å²) in [4.78, 5) is 0. The van der Waals surface area contributed by atoms with Gasteiger partial charge >= 0.3 is 0 Å². The summed E-state index contributed by atoms with van der Waals surface area (Å²) in [6.07, 6.45) is 7.10. The van der Waals surface area contributed by atoms with E-state index in [2.05, 4.69) is 10.0 Å². The number of piperidine rings is 1. The van der Waals surface area contributed by atoms with E-state index in [9.17, 15) is 0 Å². The summed E-state index contributed by atoms with van der Waals surface area (Å²) < 4.78 is 0. The summed E-state index contributed by atoms with van der Waals surface area (Å²) in [5.74, 6) is 0. The molecule has 2 nitrogen and oxygen atoms in total. The van der Waals surface area contributed by atoms with E-state index in [0.717, 1.165) is 0 Å². The van der Waals surface area contributed by atoms with Crippen molar-refractivity contribution in [3.05, 3.63) is 0 Å². The Morgan fingerprint density at radius 1 is 0.727 bits per heavy atom. The Labute approximate surface area is 69.1 Å². The van der Waals surface area contributed by atoms with Crippen molar-refractivity contribution < 1.29 is 0 Å². The maximum absolute atomic E-state index is 2.57. The van der Waals surface area contributed by atoms with Crippen LogP contribution in [0.25, 0.3) is 0 Å². The van der Waals surface area contributed by atoms with Crippen molar-refractivity contribution in [1.82, 2.24) is 10.0 Å². The lowest BCUT2D eigenvalue weighted by atomic mass is 10.2. The van der Waals surface area contributed by atoms with Gasteiger partial charge in [-0.3, -0.25) is 0 Å². The van der Waals surface area contributed by atoms with E-state index in [1.807, 2.05) is 0 Å². The second-order valence-electron chi connectivity index (χ2n) is 3.68. The molecule has 0 bridgehead atoms. The van der Waals surface area contributed by atoms with Crippen LogP contribution in [0.4, 0.5) is 0 Å². The first-order chi connectivity index (χ1) is 5.47. The van der Waals surface area contributed by atoms with Gasteiger partial charge < -0.3 is 0 Å². The Kier molecular flexibility index (Phi) is 2.44. The van der Waals surface area contributed by atoms with Crippen LogP contribution in [0.3, 0.4) is 0 Å². The Balaban J connectivity index is 1.82. The highest BCUT2D eigenvalue weighted by Gasteiger charge is 2.30. The van der Waals surface area contributed by atoms with Crippen molar-refractivity contribution in [1.29, 1.82) is 0 Å². The summed E-state index contributed by atoms with van der Waals surface area (Å²) in [5, 5.41) is 5.12. The normalized spacial score (nSPS) is 29.5. The van der Waals surface area contributed by atoms with E-state index in [0.29, 0.717) is 0 Å². The molecule has 0 N–H and O–H groups in total. The molecule has 0 atom stereocenters. The molecule has 63 valence electrons. The van der Waals surface area contributed by atoms with Crippen LogP contribution in [-0.2, 0) is 0 Å². The van der Waals surface area contributed by atoms with Gasteiger partial charge in [-0.2, -0.15) is 0 Å². The lowest BCUT2D eigenvalue weighted by Crippen LogP contribution is -2.48. The number of nitrogens with zero attached hydrogens (tertiary/aromatic N) is 2. The number of hydrogen-bond donors (Lipinski definition) is 0. The van der Waals surface area contributed by atoms with E-state index in [-0.39, 0.29) is 0 Å². The average molecular weight is 154 g/mol. The lowest BCUT2D eigenvalue weighted by Gasteiger charge is -2.24. The summed E-state index contributed by atoms with van der Waals surface area (Å²) >= 11 is 0. The first-order valence-corrected chi connectivity index (χ1v) is 4.96. The summed E-state index contributed by atoms with van der Waals surface area (Å²) in [5.41, 5.74) is 0. The van der Waals surface area contributed by atoms with Crippen molar-refractivity contribution in [2.24, 2.45) is 0 Å². The maximum atomic E-state index is 2.57. The van der Waals surface area contributed by atoms with Gasteiger partial charge in [0.25, 0.3) is 0 Å². The molecule has 11 heavy (non-hydrogen) atoms. The fourth-order valence-corrected chi connectivity index (χ4v) is 2.14. The van der Waals surface area contributed by atoms with Gasteiger partial charge in [-0.1, -0.05) is 11.4 Å². The molecule has 2 aliphatic rings. The second-order valence-corrected chi connectivity index (χ2v) is 3.68. The summed E-state index contributed by atoms with van der Waals surface area (Å²) in [6, 6.07) is 0. The van der Waals surface area contributed by atoms with Crippen LogP contribution >= 0.6 is 0 Å². The second kappa shape index (κ2) is 3.55. The van der Waals surface area contributed by atoms with E-state index < -0.39 is 0 Å². The highest BCUT2D eigenvalue weighted by molar-refractivity contribution is 4.72. The number of rotatable bonds is 1. The van der Waals surface area contributed by atoms with E-state index in [1.54, 1.807) is 0 Å². The molecular formula is C9H18N2+. The fourth-order valence-electron chi connectivity index (χ4n) is 2.14. The average Bonchev–Trinajstić information content (AvgIpc) is 2.58. The van der Waals surface area contributed by atoms with Gasteiger partial charge in [0.05, 0.1) is 13.1 Å². The summed E-state index contributed by atoms with van der Waals surface area (Å²) in [6.45, 7) is 5.28. The molecule has 0 aliphatic carbocycles. The minimum Gasteiger partial charge on any atom is -0.106 e. The Morgan fingerprint density at radius 2 is 1.36 bits per heavy atom. The molecule has 0 aromatic carbocycles. The predicted octanol–water partition coefficient (Wildman–Crippen LogP) is 1.32. The Morgan fingerprint density at radius 3 is 2.00 bits per heavy atom. The van der Waals surface area contributed by atoms with Gasteiger partial charge in [-0.05, 0) is 12.8 Å². The molecule has 0 unspecified atom stereocenters. The van der Waals surface area contributed by atoms with E-state index in [4.69, 9.17) is 0 Å². The zero-order valence-corrected chi connectivity index (χ0v) is 7.26. The van der Waals surface area contributed by atoms with Gasteiger partial charge in [0.15, 0.2) is 0 Å². The highest BCUT2D eigenvalue weighted by Crippen LogP contribution is 2.14. The van der Waals surface area contributed by atoms with Crippen LogP contribution in [0.1, 0.15) is 32.1 Å². The number of hydrogen-bond acceptors (Lipinski definition) is 2. The zero-order chi connectivity index (χ0) is 7.52. The largest absolute Gasteiger partial charge is 0.145 e. The SMILES string of the molecule is C1CCN([N+]2CCCC2)CC1. The molecule has 2 saturated heterocycles. The van der Waals surface area contributed by atoms with Crippen LogP contribution in [0.2, 0.25) is 0 Å².